The lowest BCUT2D eigenvalue weighted by Gasteiger charge is -2.40. The molecule has 1 aliphatic rings. The van der Waals surface area contributed by atoms with E-state index in [1.165, 1.54) is 26.4 Å². The first-order valence-electron chi connectivity index (χ1n) is 10.3. The summed E-state index contributed by atoms with van der Waals surface area (Å²) in [5.41, 5.74) is 0.842. The molecule has 0 aromatic heterocycles. The fourth-order valence-electron chi connectivity index (χ4n) is 3.46. The third kappa shape index (κ3) is 5.72. The van der Waals surface area contributed by atoms with E-state index in [4.69, 9.17) is 40.0 Å². The molecule has 10 nitrogen and oxygen atoms in total. The standard InChI is InChI=1S/C23H27ClO10/c1-29-14-6-4-5-12(7-14)11-32-20-15(24)8-13(9-16(20)30-2)22(28)34-21-19(27)18(26)17(10-25)33-23(21)31-3/h4-9,17-19,21,23,25-27H,10-11H2,1-3H3/t17-,18-,19+,21-,23+/m1/s1. The highest BCUT2D eigenvalue weighted by atomic mass is 35.5. The second-order valence-electron chi connectivity index (χ2n) is 7.44. The molecule has 0 bridgehead atoms. The van der Waals surface area contributed by atoms with Crippen LogP contribution in [0, 0.1) is 0 Å². The van der Waals surface area contributed by atoms with Gasteiger partial charge in [-0.3, -0.25) is 0 Å². The van der Waals surface area contributed by atoms with Crippen molar-refractivity contribution in [2.45, 2.75) is 37.3 Å². The van der Waals surface area contributed by atoms with Crippen LogP contribution in [0.2, 0.25) is 5.02 Å². The Morgan fingerprint density at radius 2 is 1.85 bits per heavy atom. The summed E-state index contributed by atoms with van der Waals surface area (Å²) in [4.78, 5) is 12.8. The summed E-state index contributed by atoms with van der Waals surface area (Å²) in [7, 11) is 4.24. The molecule has 5 atom stereocenters. The summed E-state index contributed by atoms with van der Waals surface area (Å²) in [6.07, 6.45) is -6.70. The number of esters is 1. The normalized spacial score (nSPS) is 24.4. The van der Waals surface area contributed by atoms with E-state index >= 15 is 0 Å². The average molecular weight is 499 g/mol. The van der Waals surface area contributed by atoms with Crippen molar-refractivity contribution in [1.82, 2.24) is 0 Å². The Labute approximate surface area is 201 Å². The number of hydrogen-bond acceptors (Lipinski definition) is 10. The van der Waals surface area contributed by atoms with Crippen molar-refractivity contribution in [3.8, 4) is 17.2 Å². The van der Waals surface area contributed by atoms with E-state index in [9.17, 15) is 20.1 Å². The molecule has 11 heteroatoms. The molecule has 3 N–H and O–H groups in total. The monoisotopic (exact) mass is 498 g/mol. The van der Waals surface area contributed by atoms with Gasteiger partial charge >= 0.3 is 5.97 Å². The zero-order valence-corrected chi connectivity index (χ0v) is 19.6. The highest BCUT2D eigenvalue weighted by molar-refractivity contribution is 6.32. The van der Waals surface area contributed by atoms with Gasteiger partial charge in [0.15, 0.2) is 23.9 Å². The summed E-state index contributed by atoms with van der Waals surface area (Å²) < 4.78 is 32.2. The number of hydrogen-bond donors (Lipinski definition) is 3. The molecule has 1 saturated heterocycles. The first-order valence-corrected chi connectivity index (χ1v) is 10.7. The number of carbonyl (C=O) groups excluding carboxylic acids is 1. The topological polar surface area (TPSA) is 133 Å². The molecule has 0 unspecified atom stereocenters. The van der Waals surface area contributed by atoms with E-state index in [2.05, 4.69) is 0 Å². The molecule has 0 amide bonds. The number of ether oxygens (including phenoxy) is 6. The number of aliphatic hydroxyl groups excluding tert-OH is 3. The van der Waals surface area contributed by atoms with E-state index in [1.54, 1.807) is 7.11 Å². The third-order valence-electron chi connectivity index (χ3n) is 5.28. The second-order valence-corrected chi connectivity index (χ2v) is 7.85. The van der Waals surface area contributed by atoms with Gasteiger partial charge < -0.3 is 43.7 Å². The summed E-state index contributed by atoms with van der Waals surface area (Å²) in [6, 6.07) is 10.0. The number of rotatable bonds is 9. The Morgan fingerprint density at radius 1 is 1.09 bits per heavy atom. The molecule has 2 aromatic carbocycles. The highest BCUT2D eigenvalue weighted by Crippen LogP contribution is 2.37. The number of halogens is 1. The molecule has 1 fully saturated rings. The van der Waals surface area contributed by atoms with Gasteiger partial charge in [-0.1, -0.05) is 23.7 Å². The van der Waals surface area contributed by atoms with Gasteiger partial charge in [-0.2, -0.15) is 0 Å². The van der Waals surface area contributed by atoms with E-state index < -0.39 is 43.3 Å². The fraction of sp³-hybridized carbons (Fsp3) is 0.435. The van der Waals surface area contributed by atoms with Gasteiger partial charge in [0, 0.05) is 7.11 Å². The molecule has 1 heterocycles. The van der Waals surface area contributed by atoms with Crippen LogP contribution < -0.4 is 14.2 Å². The quantitative estimate of drug-likeness (QED) is 0.437. The zero-order valence-electron chi connectivity index (χ0n) is 18.8. The van der Waals surface area contributed by atoms with Crippen LogP contribution in [0.25, 0.3) is 0 Å². The fourth-order valence-corrected chi connectivity index (χ4v) is 3.72. The van der Waals surface area contributed by atoms with Crippen molar-refractivity contribution in [3.63, 3.8) is 0 Å². The van der Waals surface area contributed by atoms with Crippen molar-refractivity contribution in [3.05, 3.63) is 52.5 Å². The van der Waals surface area contributed by atoms with E-state index in [1.807, 2.05) is 24.3 Å². The Hall–Kier alpha value is -2.60. The molecule has 0 spiro atoms. The average Bonchev–Trinajstić information content (AvgIpc) is 2.85. The van der Waals surface area contributed by atoms with Gasteiger partial charge in [-0.05, 0) is 29.8 Å². The number of aliphatic hydroxyl groups is 3. The molecule has 0 saturated carbocycles. The largest absolute Gasteiger partial charge is 0.497 e. The summed E-state index contributed by atoms with van der Waals surface area (Å²) in [5, 5.41) is 29.9. The maximum absolute atomic E-state index is 12.8. The molecule has 3 rings (SSSR count). The van der Waals surface area contributed by atoms with Gasteiger partial charge in [-0.25, -0.2) is 4.79 Å². The van der Waals surface area contributed by atoms with Gasteiger partial charge in [0.1, 0.15) is 30.7 Å². The van der Waals surface area contributed by atoms with E-state index in [0.29, 0.717) is 5.75 Å². The Balaban J connectivity index is 1.76. The molecular formula is C23H27ClO10. The summed E-state index contributed by atoms with van der Waals surface area (Å²) in [5.74, 6) is 0.215. The van der Waals surface area contributed by atoms with Crippen molar-refractivity contribution < 1.29 is 48.5 Å². The van der Waals surface area contributed by atoms with Crippen LogP contribution in [0.4, 0.5) is 0 Å². The van der Waals surface area contributed by atoms with Crippen molar-refractivity contribution >= 4 is 17.6 Å². The molecule has 1 aliphatic heterocycles. The molecule has 0 aliphatic carbocycles. The van der Waals surface area contributed by atoms with Crippen LogP contribution in [0.3, 0.4) is 0 Å². The predicted molar refractivity (Wildman–Crippen MR) is 119 cm³/mol. The van der Waals surface area contributed by atoms with Crippen LogP contribution in [0.1, 0.15) is 15.9 Å². The van der Waals surface area contributed by atoms with Gasteiger partial charge in [0.2, 0.25) is 0 Å². The molecule has 0 radical (unpaired) electrons. The lowest BCUT2D eigenvalue weighted by Crippen LogP contribution is -2.60. The smallest absolute Gasteiger partial charge is 0.338 e. The van der Waals surface area contributed by atoms with E-state index in [-0.39, 0.29) is 28.7 Å². The maximum Gasteiger partial charge on any atom is 0.338 e. The second kappa shape index (κ2) is 11.7. The Morgan fingerprint density at radius 3 is 2.50 bits per heavy atom. The minimum Gasteiger partial charge on any atom is -0.497 e. The zero-order chi connectivity index (χ0) is 24.8. The van der Waals surface area contributed by atoms with Gasteiger partial charge in [0.25, 0.3) is 0 Å². The lowest BCUT2D eigenvalue weighted by molar-refractivity contribution is -0.293. The third-order valence-corrected chi connectivity index (χ3v) is 5.56. The minimum absolute atomic E-state index is 0.0106. The van der Waals surface area contributed by atoms with Crippen LogP contribution >= 0.6 is 11.6 Å². The SMILES string of the molecule is COc1cccc(COc2c(Cl)cc(C(=O)O[C@H]3[C@@H](OC)O[C@H](CO)[C@@H](O)[C@@H]3O)cc2OC)c1. The number of methoxy groups -OCH3 is 3. The van der Waals surface area contributed by atoms with Crippen LogP contribution in [0.5, 0.6) is 17.2 Å². The summed E-state index contributed by atoms with van der Waals surface area (Å²) in [6.45, 7) is -0.384. The van der Waals surface area contributed by atoms with Crippen LogP contribution in [-0.4, -0.2) is 79.9 Å². The lowest BCUT2D eigenvalue weighted by atomic mass is 9.99. The predicted octanol–water partition coefficient (Wildman–Crippen LogP) is 1.55. The minimum atomic E-state index is -1.55. The van der Waals surface area contributed by atoms with Crippen molar-refractivity contribution in [2.24, 2.45) is 0 Å². The van der Waals surface area contributed by atoms with Crippen molar-refractivity contribution in [2.75, 3.05) is 27.9 Å². The highest BCUT2D eigenvalue weighted by Gasteiger charge is 2.47. The van der Waals surface area contributed by atoms with E-state index in [0.717, 1.165) is 5.56 Å². The Bertz CT molecular complexity index is 982. The van der Waals surface area contributed by atoms with Crippen molar-refractivity contribution in [1.29, 1.82) is 0 Å². The summed E-state index contributed by atoms with van der Waals surface area (Å²) >= 11 is 6.37. The van der Waals surface area contributed by atoms with Gasteiger partial charge in [-0.15, -0.1) is 0 Å². The first-order chi connectivity index (χ1) is 16.3. The van der Waals surface area contributed by atoms with Crippen LogP contribution in [0.15, 0.2) is 36.4 Å². The molecule has 34 heavy (non-hydrogen) atoms. The Kier molecular flexibility index (Phi) is 8.95. The first kappa shape index (κ1) is 26.0. The number of carbonyl (C=O) groups is 1. The molecule has 2 aromatic rings. The van der Waals surface area contributed by atoms with Crippen LogP contribution in [-0.2, 0) is 20.8 Å². The molecular weight excluding hydrogens is 472 g/mol. The molecule has 186 valence electrons. The van der Waals surface area contributed by atoms with Gasteiger partial charge in [0.05, 0.1) is 31.4 Å². The number of benzene rings is 2. The maximum atomic E-state index is 12.8.